The van der Waals surface area contributed by atoms with Crippen LogP contribution in [0.1, 0.15) is 16.7 Å². The highest BCUT2D eigenvalue weighted by atomic mass is 19.1. The van der Waals surface area contributed by atoms with Crippen LogP contribution in [-0.4, -0.2) is 18.3 Å². The number of rotatable bonds is 5. The Kier molecular flexibility index (Phi) is 4.70. The highest BCUT2D eigenvalue weighted by molar-refractivity contribution is 5.34. The van der Waals surface area contributed by atoms with Gasteiger partial charge >= 0.3 is 0 Å². The summed E-state index contributed by atoms with van der Waals surface area (Å²) in [6.07, 6.45) is 0.354. The van der Waals surface area contributed by atoms with Gasteiger partial charge in [-0.1, -0.05) is 18.2 Å². The van der Waals surface area contributed by atoms with Crippen molar-refractivity contribution in [2.75, 3.05) is 13.2 Å². The molecule has 0 amide bonds. The fourth-order valence-electron chi connectivity index (χ4n) is 2.52. The fourth-order valence-corrected chi connectivity index (χ4v) is 2.52. The summed E-state index contributed by atoms with van der Waals surface area (Å²) >= 11 is 0. The molecular weight excluding hydrogens is 272 g/mol. The Labute approximate surface area is 123 Å². The zero-order valence-electron chi connectivity index (χ0n) is 11.9. The molecule has 112 valence electrons. The maximum atomic E-state index is 13.5. The molecule has 2 aromatic carbocycles. The molecule has 3 N–H and O–H groups in total. The van der Waals surface area contributed by atoms with Crippen LogP contribution in [0.2, 0.25) is 0 Å². The van der Waals surface area contributed by atoms with Crippen molar-refractivity contribution in [1.82, 2.24) is 0 Å². The number of halogens is 2. The molecule has 0 radical (unpaired) electrons. The lowest BCUT2D eigenvalue weighted by atomic mass is 9.75. The van der Waals surface area contributed by atoms with Gasteiger partial charge in [0.2, 0.25) is 0 Å². The molecule has 0 aliphatic rings. The number of hydrogen-bond donors (Lipinski definition) is 2. The van der Waals surface area contributed by atoms with Crippen molar-refractivity contribution in [2.24, 2.45) is 5.73 Å². The molecule has 1 unspecified atom stereocenters. The molecule has 2 nitrogen and oxygen atoms in total. The smallest absolute Gasteiger partial charge is 0.123 e. The number of aliphatic hydroxyl groups is 1. The summed E-state index contributed by atoms with van der Waals surface area (Å²) in [6.45, 7) is 1.78. The van der Waals surface area contributed by atoms with Crippen molar-refractivity contribution in [3.8, 4) is 0 Å². The quantitative estimate of drug-likeness (QED) is 0.889. The van der Waals surface area contributed by atoms with E-state index in [1.54, 1.807) is 18.2 Å². The third-order valence-electron chi connectivity index (χ3n) is 3.97. The minimum atomic E-state index is -0.819. The second-order valence-corrected chi connectivity index (χ2v) is 5.40. The van der Waals surface area contributed by atoms with Crippen LogP contribution in [0.25, 0.3) is 0 Å². The van der Waals surface area contributed by atoms with Gasteiger partial charge < -0.3 is 10.8 Å². The molecule has 2 aromatic rings. The molecule has 0 bridgehead atoms. The number of aryl methyl sites for hydroxylation is 1. The van der Waals surface area contributed by atoms with Crippen molar-refractivity contribution in [3.63, 3.8) is 0 Å². The second kappa shape index (κ2) is 6.33. The van der Waals surface area contributed by atoms with Gasteiger partial charge in [-0.15, -0.1) is 0 Å². The molecular formula is C17H19F2NO. The van der Waals surface area contributed by atoms with Gasteiger partial charge in [-0.05, 0) is 54.3 Å². The summed E-state index contributed by atoms with van der Waals surface area (Å²) in [5.74, 6) is -0.714. The predicted octanol–water partition coefficient (Wildman–Crippen LogP) is 2.70. The normalized spacial score (nSPS) is 14.0. The Morgan fingerprint density at radius 1 is 1.10 bits per heavy atom. The molecule has 1 atom stereocenters. The minimum absolute atomic E-state index is 0.142. The number of nitrogens with two attached hydrogens (primary N) is 1. The van der Waals surface area contributed by atoms with Crippen molar-refractivity contribution >= 4 is 0 Å². The first-order chi connectivity index (χ1) is 10.0. The first kappa shape index (κ1) is 15.6. The Morgan fingerprint density at radius 2 is 1.81 bits per heavy atom. The highest BCUT2D eigenvalue weighted by Gasteiger charge is 2.31. The SMILES string of the molecule is Cc1ccc(F)cc1CC(CN)(CO)c1cccc(F)c1. The molecule has 2 rings (SSSR count). The highest BCUT2D eigenvalue weighted by Crippen LogP contribution is 2.29. The summed E-state index contributed by atoms with van der Waals surface area (Å²) in [5.41, 5.74) is 7.34. The first-order valence-corrected chi connectivity index (χ1v) is 6.83. The number of hydrogen-bond acceptors (Lipinski definition) is 2. The second-order valence-electron chi connectivity index (χ2n) is 5.40. The van der Waals surface area contributed by atoms with E-state index in [1.807, 2.05) is 6.92 Å². The van der Waals surface area contributed by atoms with Crippen LogP contribution < -0.4 is 5.73 Å². The van der Waals surface area contributed by atoms with E-state index in [4.69, 9.17) is 5.73 Å². The Morgan fingerprint density at radius 3 is 2.43 bits per heavy atom. The molecule has 0 aliphatic carbocycles. The summed E-state index contributed by atoms with van der Waals surface area (Å²) < 4.78 is 26.9. The van der Waals surface area contributed by atoms with Gasteiger partial charge in [0.25, 0.3) is 0 Å². The number of aliphatic hydroxyl groups excluding tert-OH is 1. The molecule has 4 heteroatoms. The van der Waals surface area contributed by atoms with Gasteiger partial charge in [0, 0.05) is 12.0 Å². The third kappa shape index (κ3) is 3.28. The molecule has 0 aromatic heterocycles. The topological polar surface area (TPSA) is 46.2 Å². The lowest BCUT2D eigenvalue weighted by Crippen LogP contribution is -2.41. The standard InChI is InChI=1S/C17H19F2NO/c1-12-5-6-16(19)7-13(12)9-17(10-20,11-21)14-3-2-4-15(18)8-14/h2-8,21H,9-11,20H2,1H3. The lowest BCUT2D eigenvalue weighted by molar-refractivity contribution is 0.195. The van der Waals surface area contributed by atoms with E-state index in [0.717, 1.165) is 11.1 Å². The summed E-state index contributed by atoms with van der Waals surface area (Å²) in [6, 6.07) is 10.6. The predicted molar refractivity (Wildman–Crippen MR) is 79.1 cm³/mol. The van der Waals surface area contributed by atoms with Crippen LogP contribution in [0.3, 0.4) is 0 Å². The van der Waals surface area contributed by atoms with E-state index in [0.29, 0.717) is 12.0 Å². The van der Waals surface area contributed by atoms with Crippen molar-refractivity contribution in [1.29, 1.82) is 0 Å². The maximum absolute atomic E-state index is 13.5. The number of benzene rings is 2. The Bertz CT molecular complexity index is 624. The average Bonchev–Trinajstić information content (AvgIpc) is 2.48. The van der Waals surface area contributed by atoms with E-state index in [1.165, 1.54) is 24.3 Å². The summed E-state index contributed by atoms with van der Waals surface area (Å²) in [5, 5.41) is 9.85. The van der Waals surface area contributed by atoms with Crippen molar-refractivity contribution < 1.29 is 13.9 Å². The molecule has 21 heavy (non-hydrogen) atoms. The first-order valence-electron chi connectivity index (χ1n) is 6.83. The van der Waals surface area contributed by atoms with Crippen LogP contribution in [-0.2, 0) is 11.8 Å². The third-order valence-corrected chi connectivity index (χ3v) is 3.97. The van der Waals surface area contributed by atoms with Crippen LogP contribution >= 0.6 is 0 Å². The van der Waals surface area contributed by atoms with E-state index < -0.39 is 5.41 Å². The van der Waals surface area contributed by atoms with Gasteiger partial charge in [-0.2, -0.15) is 0 Å². The van der Waals surface area contributed by atoms with E-state index in [-0.39, 0.29) is 24.8 Å². The fraction of sp³-hybridized carbons (Fsp3) is 0.294. The average molecular weight is 291 g/mol. The van der Waals surface area contributed by atoms with Crippen LogP contribution in [0, 0.1) is 18.6 Å². The maximum Gasteiger partial charge on any atom is 0.123 e. The zero-order chi connectivity index (χ0) is 15.5. The molecule has 0 saturated carbocycles. The van der Waals surface area contributed by atoms with Gasteiger partial charge in [-0.25, -0.2) is 8.78 Å². The largest absolute Gasteiger partial charge is 0.395 e. The Hall–Kier alpha value is -1.78. The zero-order valence-corrected chi connectivity index (χ0v) is 11.9. The Balaban J connectivity index is 2.45. The van der Waals surface area contributed by atoms with Gasteiger partial charge in [0.1, 0.15) is 11.6 Å². The molecule has 0 aliphatic heterocycles. The monoisotopic (exact) mass is 291 g/mol. The van der Waals surface area contributed by atoms with Crippen LogP contribution in [0.4, 0.5) is 8.78 Å². The minimum Gasteiger partial charge on any atom is -0.395 e. The van der Waals surface area contributed by atoms with Gasteiger partial charge in [0.05, 0.1) is 6.61 Å². The van der Waals surface area contributed by atoms with Crippen LogP contribution in [0.15, 0.2) is 42.5 Å². The van der Waals surface area contributed by atoms with Gasteiger partial charge in [-0.3, -0.25) is 0 Å². The molecule has 0 saturated heterocycles. The molecule has 0 fully saturated rings. The lowest BCUT2D eigenvalue weighted by Gasteiger charge is -2.32. The van der Waals surface area contributed by atoms with Crippen molar-refractivity contribution in [3.05, 3.63) is 70.8 Å². The molecule has 0 heterocycles. The van der Waals surface area contributed by atoms with E-state index in [2.05, 4.69) is 0 Å². The van der Waals surface area contributed by atoms with Gasteiger partial charge in [0.15, 0.2) is 0 Å². The summed E-state index contributed by atoms with van der Waals surface area (Å²) in [7, 11) is 0. The van der Waals surface area contributed by atoms with Crippen molar-refractivity contribution in [2.45, 2.75) is 18.8 Å². The van der Waals surface area contributed by atoms with Crippen LogP contribution in [0.5, 0.6) is 0 Å². The molecule has 0 spiro atoms. The van der Waals surface area contributed by atoms with E-state index >= 15 is 0 Å². The summed E-state index contributed by atoms with van der Waals surface area (Å²) in [4.78, 5) is 0. The van der Waals surface area contributed by atoms with E-state index in [9.17, 15) is 13.9 Å².